The molecule has 1 aromatic carbocycles. The van der Waals surface area contributed by atoms with Crippen LogP contribution in [0.1, 0.15) is 27.7 Å². The molecule has 0 aliphatic carbocycles. The second-order valence-corrected chi connectivity index (χ2v) is 7.55. The number of amides is 2. The monoisotopic (exact) mass is 330 g/mol. The van der Waals surface area contributed by atoms with Crippen molar-refractivity contribution in [2.75, 3.05) is 0 Å². The molecule has 0 radical (unpaired) electrons. The highest BCUT2D eigenvalue weighted by molar-refractivity contribution is 7.90. The van der Waals surface area contributed by atoms with Crippen LogP contribution in [0.3, 0.4) is 0 Å². The first-order valence-electron chi connectivity index (χ1n) is 6.56. The molecule has 22 heavy (non-hydrogen) atoms. The summed E-state index contributed by atoms with van der Waals surface area (Å²) in [4.78, 5) is 23.4. The first kappa shape index (κ1) is 18.1. The SMILES string of the molecule is CC(NC(=O)C(C)(C)C)C(=O)NS(=O)(=O)c1ccc(F)cc1. The van der Waals surface area contributed by atoms with E-state index in [2.05, 4.69) is 5.32 Å². The van der Waals surface area contributed by atoms with Crippen molar-refractivity contribution < 1.29 is 22.4 Å². The molecule has 0 aliphatic rings. The van der Waals surface area contributed by atoms with Crippen LogP contribution in [0.5, 0.6) is 0 Å². The zero-order chi connectivity index (χ0) is 17.1. The van der Waals surface area contributed by atoms with Crippen LogP contribution in [-0.4, -0.2) is 26.3 Å². The van der Waals surface area contributed by atoms with Crippen LogP contribution in [0.2, 0.25) is 0 Å². The summed E-state index contributed by atoms with van der Waals surface area (Å²) >= 11 is 0. The molecule has 8 heteroatoms. The first-order valence-corrected chi connectivity index (χ1v) is 8.05. The molecule has 0 fully saturated rings. The average molecular weight is 330 g/mol. The van der Waals surface area contributed by atoms with E-state index >= 15 is 0 Å². The van der Waals surface area contributed by atoms with Gasteiger partial charge in [0.2, 0.25) is 5.91 Å². The third-order valence-corrected chi connectivity index (χ3v) is 4.14. The van der Waals surface area contributed by atoms with Gasteiger partial charge in [-0.05, 0) is 31.2 Å². The summed E-state index contributed by atoms with van der Waals surface area (Å²) in [6, 6.07) is 3.02. The molecule has 0 saturated heterocycles. The Kier molecular flexibility index (Phi) is 5.29. The molecule has 1 unspecified atom stereocenters. The summed E-state index contributed by atoms with van der Waals surface area (Å²) in [5, 5.41) is 2.43. The number of halogens is 1. The Hall–Kier alpha value is -1.96. The standard InChI is InChI=1S/C14H19FN2O4S/c1-9(16-13(19)14(2,3)4)12(18)17-22(20,21)11-7-5-10(15)6-8-11/h5-9H,1-4H3,(H,16,19)(H,17,18). The maximum Gasteiger partial charge on any atom is 0.264 e. The number of nitrogens with one attached hydrogen (secondary N) is 2. The summed E-state index contributed by atoms with van der Waals surface area (Å²) in [6.07, 6.45) is 0. The van der Waals surface area contributed by atoms with Crippen LogP contribution in [0.4, 0.5) is 4.39 Å². The van der Waals surface area contributed by atoms with Gasteiger partial charge >= 0.3 is 0 Å². The second-order valence-electron chi connectivity index (χ2n) is 5.87. The van der Waals surface area contributed by atoms with Gasteiger partial charge in [0, 0.05) is 5.41 Å². The lowest BCUT2D eigenvalue weighted by atomic mass is 9.95. The van der Waals surface area contributed by atoms with Crippen molar-refractivity contribution in [3.05, 3.63) is 30.1 Å². The molecule has 0 heterocycles. The van der Waals surface area contributed by atoms with Crippen LogP contribution in [0.15, 0.2) is 29.2 Å². The zero-order valence-corrected chi connectivity index (χ0v) is 13.6. The van der Waals surface area contributed by atoms with Gasteiger partial charge in [0.25, 0.3) is 15.9 Å². The molecule has 0 spiro atoms. The third-order valence-electron chi connectivity index (χ3n) is 2.78. The van der Waals surface area contributed by atoms with E-state index in [0.717, 1.165) is 24.3 Å². The Bertz CT molecular complexity index is 663. The van der Waals surface area contributed by atoms with Crippen molar-refractivity contribution in [1.29, 1.82) is 0 Å². The molecule has 0 saturated carbocycles. The van der Waals surface area contributed by atoms with E-state index in [1.165, 1.54) is 6.92 Å². The Morgan fingerprint density at radius 3 is 2.09 bits per heavy atom. The first-order chi connectivity index (χ1) is 9.93. The molecule has 1 rings (SSSR count). The van der Waals surface area contributed by atoms with E-state index < -0.39 is 33.2 Å². The smallest absolute Gasteiger partial charge is 0.264 e. The van der Waals surface area contributed by atoms with E-state index in [9.17, 15) is 22.4 Å². The van der Waals surface area contributed by atoms with Gasteiger partial charge in [-0.25, -0.2) is 17.5 Å². The van der Waals surface area contributed by atoms with Gasteiger partial charge in [0.1, 0.15) is 11.9 Å². The van der Waals surface area contributed by atoms with Gasteiger partial charge in [-0.3, -0.25) is 9.59 Å². The molecule has 1 aromatic rings. The van der Waals surface area contributed by atoms with Crippen molar-refractivity contribution in [1.82, 2.24) is 10.0 Å². The Balaban J connectivity index is 2.79. The Morgan fingerprint density at radius 2 is 1.64 bits per heavy atom. The van der Waals surface area contributed by atoms with Crippen molar-refractivity contribution in [2.24, 2.45) is 5.41 Å². The molecule has 0 aromatic heterocycles. The van der Waals surface area contributed by atoms with Crippen molar-refractivity contribution in [3.8, 4) is 0 Å². The summed E-state index contributed by atoms with van der Waals surface area (Å²) in [5.74, 6) is -1.84. The van der Waals surface area contributed by atoms with E-state index in [0.29, 0.717) is 0 Å². The van der Waals surface area contributed by atoms with Crippen LogP contribution < -0.4 is 10.0 Å². The van der Waals surface area contributed by atoms with E-state index in [1.807, 2.05) is 4.72 Å². The van der Waals surface area contributed by atoms with Gasteiger partial charge in [0.05, 0.1) is 4.90 Å². The van der Waals surface area contributed by atoms with Crippen LogP contribution >= 0.6 is 0 Å². The number of carbonyl (C=O) groups is 2. The van der Waals surface area contributed by atoms with E-state index in [-0.39, 0.29) is 10.8 Å². The number of carbonyl (C=O) groups excluding carboxylic acids is 2. The van der Waals surface area contributed by atoms with Gasteiger partial charge in [-0.2, -0.15) is 0 Å². The molecule has 2 amide bonds. The summed E-state index contributed by atoms with van der Waals surface area (Å²) in [5.41, 5.74) is -0.704. The lowest BCUT2D eigenvalue weighted by Crippen LogP contribution is -2.49. The zero-order valence-electron chi connectivity index (χ0n) is 12.8. The van der Waals surface area contributed by atoms with Gasteiger partial charge in [0.15, 0.2) is 0 Å². The molecule has 2 N–H and O–H groups in total. The average Bonchev–Trinajstić information content (AvgIpc) is 2.37. The third kappa shape index (κ3) is 4.80. The number of hydrogen-bond acceptors (Lipinski definition) is 4. The predicted molar refractivity (Wildman–Crippen MR) is 78.8 cm³/mol. The normalized spacial score (nSPS) is 13.3. The van der Waals surface area contributed by atoms with Crippen LogP contribution in [0.25, 0.3) is 0 Å². The minimum atomic E-state index is -4.11. The topological polar surface area (TPSA) is 92.3 Å². The fraction of sp³-hybridized carbons (Fsp3) is 0.429. The quantitative estimate of drug-likeness (QED) is 0.867. The van der Waals surface area contributed by atoms with Gasteiger partial charge < -0.3 is 5.32 Å². The fourth-order valence-corrected chi connectivity index (χ4v) is 2.43. The van der Waals surface area contributed by atoms with Crippen molar-refractivity contribution in [2.45, 2.75) is 38.6 Å². The number of sulfonamides is 1. The van der Waals surface area contributed by atoms with E-state index in [4.69, 9.17) is 0 Å². The largest absolute Gasteiger partial charge is 0.344 e. The molecule has 0 bridgehead atoms. The van der Waals surface area contributed by atoms with Gasteiger partial charge in [-0.15, -0.1) is 0 Å². The summed E-state index contributed by atoms with van der Waals surface area (Å²) < 4.78 is 38.6. The number of hydrogen-bond donors (Lipinski definition) is 2. The Morgan fingerprint density at radius 1 is 1.14 bits per heavy atom. The summed E-state index contributed by atoms with van der Waals surface area (Å²) in [7, 11) is -4.11. The van der Waals surface area contributed by atoms with E-state index in [1.54, 1.807) is 20.8 Å². The maximum absolute atomic E-state index is 12.8. The highest BCUT2D eigenvalue weighted by atomic mass is 32.2. The maximum atomic E-state index is 12.8. The van der Waals surface area contributed by atoms with Crippen molar-refractivity contribution in [3.63, 3.8) is 0 Å². The predicted octanol–water partition coefficient (Wildman–Crippen LogP) is 1.18. The lowest BCUT2D eigenvalue weighted by Gasteiger charge is -2.21. The minimum absolute atomic E-state index is 0.239. The minimum Gasteiger partial charge on any atom is -0.344 e. The summed E-state index contributed by atoms with van der Waals surface area (Å²) in [6.45, 7) is 6.38. The van der Waals surface area contributed by atoms with Crippen LogP contribution in [-0.2, 0) is 19.6 Å². The molecular formula is C14H19FN2O4S. The van der Waals surface area contributed by atoms with Gasteiger partial charge in [-0.1, -0.05) is 20.8 Å². The van der Waals surface area contributed by atoms with Crippen LogP contribution in [0, 0.1) is 11.2 Å². The molecule has 6 nitrogen and oxygen atoms in total. The molecular weight excluding hydrogens is 311 g/mol. The molecule has 1 atom stereocenters. The number of benzene rings is 1. The Labute approximate surface area is 129 Å². The highest BCUT2D eigenvalue weighted by Gasteiger charge is 2.27. The molecule has 122 valence electrons. The molecule has 0 aliphatic heterocycles. The highest BCUT2D eigenvalue weighted by Crippen LogP contribution is 2.13. The fourth-order valence-electron chi connectivity index (χ4n) is 1.37. The van der Waals surface area contributed by atoms with Crippen molar-refractivity contribution >= 4 is 21.8 Å². The number of rotatable bonds is 4. The lowest BCUT2D eigenvalue weighted by molar-refractivity contribution is -0.132. The second kappa shape index (κ2) is 6.43.